The molecule has 1 aromatic heterocycles. The smallest absolute Gasteiger partial charge is 0.239 e. The lowest BCUT2D eigenvalue weighted by atomic mass is 10.1. The van der Waals surface area contributed by atoms with Gasteiger partial charge in [-0.05, 0) is 12.0 Å². The zero-order chi connectivity index (χ0) is 11.3. The summed E-state index contributed by atoms with van der Waals surface area (Å²) >= 11 is 0. The van der Waals surface area contributed by atoms with Gasteiger partial charge in [0.05, 0.1) is 6.10 Å². The van der Waals surface area contributed by atoms with Crippen molar-refractivity contribution in [3.63, 3.8) is 0 Å². The van der Waals surface area contributed by atoms with Crippen molar-refractivity contribution in [2.24, 2.45) is 11.8 Å². The molecule has 1 aromatic rings. The van der Waals surface area contributed by atoms with Crippen molar-refractivity contribution in [1.82, 2.24) is 9.97 Å². The van der Waals surface area contributed by atoms with Gasteiger partial charge in [0.1, 0.15) is 5.82 Å². The number of hydrogen-bond donors (Lipinski definition) is 4. The van der Waals surface area contributed by atoms with Gasteiger partial charge in [-0.15, -0.1) is 0 Å². The minimum Gasteiger partial charge on any atom is -0.391 e. The Hall–Kier alpha value is -1.40. The van der Waals surface area contributed by atoms with Crippen molar-refractivity contribution in [1.29, 1.82) is 0 Å². The molecule has 1 unspecified atom stereocenters. The third kappa shape index (κ3) is 3.69. The van der Waals surface area contributed by atoms with Crippen LogP contribution in [0.3, 0.4) is 0 Å². The van der Waals surface area contributed by atoms with Gasteiger partial charge in [0.25, 0.3) is 0 Å². The van der Waals surface area contributed by atoms with E-state index in [1.54, 1.807) is 12.3 Å². The SMILES string of the molecule is CC(C)C(O)CNc1ccnc(NN)n1. The molecule has 84 valence electrons. The first-order valence-electron chi connectivity index (χ1n) is 4.85. The van der Waals surface area contributed by atoms with Gasteiger partial charge in [-0.3, -0.25) is 5.43 Å². The van der Waals surface area contributed by atoms with Crippen LogP contribution in [-0.4, -0.2) is 27.7 Å². The highest BCUT2D eigenvalue weighted by molar-refractivity contribution is 5.38. The zero-order valence-corrected chi connectivity index (χ0v) is 8.94. The van der Waals surface area contributed by atoms with E-state index in [0.29, 0.717) is 18.3 Å². The quantitative estimate of drug-likeness (QED) is 0.410. The van der Waals surface area contributed by atoms with E-state index in [-0.39, 0.29) is 5.92 Å². The molecule has 1 atom stereocenters. The molecule has 1 heterocycles. The summed E-state index contributed by atoms with van der Waals surface area (Å²) in [6.45, 7) is 4.37. The number of nitrogens with one attached hydrogen (secondary N) is 2. The van der Waals surface area contributed by atoms with E-state index in [4.69, 9.17) is 5.84 Å². The maximum Gasteiger partial charge on any atom is 0.239 e. The summed E-state index contributed by atoms with van der Waals surface area (Å²) in [5.74, 6) is 6.37. The first-order valence-corrected chi connectivity index (χ1v) is 4.85. The van der Waals surface area contributed by atoms with Crippen molar-refractivity contribution in [2.75, 3.05) is 17.3 Å². The summed E-state index contributed by atoms with van der Waals surface area (Å²) in [6, 6.07) is 1.72. The fraction of sp³-hybridized carbons (Fsp3) is 0.556. The van der Waals surface area contributed by atoms with Gasteiger partial charge in [-0.25, -0.2) is 10.8 Å². The third-order valence-electron chi connectivity index (χ3n) is 2.05. The van der Waals surface area contributed by atoms with E-state index in [0.717, 1.165) is 0 Å². The maximum atomic E-state index is 9.57. The highest BCUT2D eigenvalue weighted by Gasteiger charge is 2.08. The summed E-state index contributed by atoms with van der Waals surface area (Å²) in [7, 11) is 0. The van der Waals surface area contributed by atoms with E-state index in [1.165, 1.54) is 0 Å². The molecule has 6 heteroatoms. The van der Waals surface area contributed by atoms with Crippen LogP contribution in [0.4, 0.5) is 11.8 Å². The molecule has 15 heavy (non-hydrogen) atoms. The average molecular weight is 211 g/mol. The number of hydrazine groups is 1. The van der Waals surface area contributed by atoms with E-state index in [2.05, 4.69) is 20.7 Å². The van der Waals surface area contributed by atoms with Crippen molar-refractivity contribution >= 4 is 11.8 Å². The fourth-order valence-electron chi connectivity index (χ4n) is 0.972. The number of hydrogen-bond acceptors (Lipinski definition) is 6. The Balaban J connectivity index is 2.50. The number of nitrogens with two attached hydrogens (primary N) is 1. The van der Waals surface area contributed by atoms with Gasteiger partial charge < -0.3 is 10.4 Å². The minimum atomic E-state index is -0.394. The molecule has 0 saturated heterocycles. The van der Waals surface area contributed by atoms with Crippen molar-refractivity contribution in [3.8, 4) is 0 Å². The van der Waals surface area contributed by atoms with Gasteiger partial charge in [0.2, 0.25) is 5.95 Å². The second-order valence-corrected chi connectivity index (χ2v) is 3.60. The molecular formula is C9H17N5O. The normalized spacial score (nSPS) is 12.6. The topological polar surface area (TPSA) is 96.1 Å². The number of anilines is 2. The van der Waals surface area contributed by atoms with Crippen LogP contribution in [0.15, 0.2) is 12.3 Å². The Morgan fingerprint density at radius 1 is 1.53 bits per heavy atom. The number of nitrogens with zero attached hydrogens (tertiary/aromatic N) is 2. The summed E-state index contributed by atoms with van der Waals surface area (Å²) in [4.78, 5) is 7.92. The highest BCUT2D eigenvalue weighted by Crippen LogP contribution is 2.06. The first kappa shape index (κ1) is 11.7. The molecule has 5 N–H and O–H groups in total. The molecule has 0 saturated carbocycles. The van der Waals surface area contributed by atoms with Crippen LogP contribution < -0.4 is 16.6 Å². The number of nitrogen functional groups attached to an aromatic ring is 1. The second kappa shape index (κ2) is 5.47. The van der Waals surface area contributed by atoms with Crippen molar-refractivity contribution < 1.29 is 5.11 Å². The molecule has 0 aliphatic rings. The molecule has 0 spiro atoms. The van der Waals surface area contributed by atoms with Crippen molar-refractivity contribution in [2.45, 2.75) is 20.0 Å². The van der Waals surface area contributed by atoms with Gasteiger partial charge in [0, 0.05) is 12.7 Å². The predicted molar refractivity (Wildman–Crippen MR) is 59.2 cm³/mol. The average Bonchev–Trinajstić information content (AvgIpc) is 2.26. The second-order valence-electron chi connectivity index (χ2n) is 3.60. The molecule has 6 nitrogen and oxygen atoms in total. The summed E-state index contributed by atoms with van der Waals surface area (Å²) in [6.07, 6.45) is 1.20. The molecule has 0 fully saturated rings. The lowest BCUT2D eigenvalue weighted by molar-refractivity contribution is 0.138. The Morgan fingerprint density at radius 2 is 2.27 bits per heavy atom. The minimum absolute atomic E-state index is 0.214. The molecule has 0 radical (unpaired) electrons. The third-order valence-corrected chi connectivity index (χ3v) is 2.05. The van der Waals surface area contributed by atoms with E-state index in [1.807, 2.05) is 13.8 Å². The number of aromatic nitrogens is 2. The molecule has 1 rings (SSSR count). The fourth-order valence-corrected chi connectivity index (χ4v) is 0.972. The van der Waals surface area contributed by atoms with Gasteiger partial charge in [-0.2, -0.15) is 4.98 Å². The number of rotatable bonds is 5. The van der Waals surface area contributed by atoms with Crippen LogP contribution in [0.1, 0.15) is 13.8 Å². The summed E-state index contributed by atoms with van der Waals surface area (Å²) in [5.41, 5.74) is 2.35. The maximum absolute atomic E-state index is 9.57. The van der Waals surface area contributed by atoms with Gasteiger partial charge >= 0.3 is 0 Å². The van der Waals surface area contributed by atoms with E-state index in [9.17, 15) is 5.11 Å². The summed E-state index contributed by atoms with van der Waals surface area (Å²) in [5, 5.41) is 12.6. The van der Waals surface area contributed by atoms with Gasteiger partial charge in [-0.1, -0.05) is 13.8 Å². The van der Waals surface area contributed by atoms with Crippen LogP contribution >= 0.6 is 0 Å². The predicted octanol–water partition coefficient (Wildman–Crippen LogP) is 0.191. The lowest BCUT2D eigenvalue weighted by Gasteiger charge is -2.15. The molecule has 0 aliphatic heterocycles. The largest absolute Gasteiger partial charge is 0.391 e. The molecule has 0 amide bonds. The lowest BCUT2D eigenvalue weighted by Crippen LogP contribution is -2.25. The number of aliphatic hydroxyl groups excluding tert-OH is 1. The number of aliphatic hydroxyl groups is 1. The van der Waals surface area contributed by atoms with Crippen LogP contribution in [0.25, 0.3) is 0 Å². The Labute approximate surface area is 88.9 Å². The molecular weight excluding hydrogens is 194 g/mol. The highest BCUT2D eigenvalue weighted by atomic mass is 16.3. The Bertz CT molecular complexity index is 304. The molecule has 0 aromatic carbocycles. The van der Waals surface area contributed by atoms with E-state index >= 15 is 0 Å². The van der Waals surface area contributed by atoms with Gasteiger partial charge in [0.15, 0.2) is 0 Å². The standard InChI is InChI=1S/C9H17N5O/c1-6(2)7(15)5-12-8-3-4-11-9(13-8)14-10/h3-4,6-7,15H,5,10H2,1-2H3,(H2,11,12,13,14). The molecule has 0 aliphatic carbocycles. The van der Waals surface area contributed by atoms with Crippen LogP contribution in [0.5, 0.6) is 0 Å². The monoisotopic (exact) mass is 211 g/mol. The van der Waals surface area contributed by atoms with Crippen molar-refractivity contribution in [3.05, 3.63) is 12.3 Å². The zero-order valence-electron chi connectivity index (χ0n) is 8.94. The van der Waals surface area contributed by atoms with E-state index < -0.39 is 6.10 Å². The van der Waals surface area contributed by atoms with Crippen LogP contribution in [0, 0.1) is 5.92 Å². The summed E-state index contributed by atoms with van der Waals surface area (Å²) < 4.78 is 0. The van der Waals surface area contributed by atoms with Crippen LogP contribution in [-0.2, 0) is 0 Å². The van der Waals surface area contributed by atoms with Crippen LogP contribution in [0.2, 0.25) is 0 Å². The molecule has 0 bridgehead atoms. The Morgan fingerprint density at radius 3 is 2.87 bits per heavy atom. The Kier molecular flexibility index (Phi) is 4.26. The first-order chi connectivity index (χ1) is 7.13.